The molecule has 5 N–H and O–H groups in total. The van der Waals surface area contributed by atoms with Gasteiger partial charge in [0, 0.05) is 24.7 Å². The molecule has 1 heterocycles. The van der Waals surface area contributed by atoms with Crippen LogP contribution in [0.15, 0.2) is 35.1 Å². The molecule has 27 heavy (non-hydrogen) atoms. The minimum atomic E-state index is -1.11. The van der Waals surface area contributed by atoms with Crippen LogP contribution >= 0.6 is 0 Å². The second-order valence-electron chi connectivity index (χ2n) is 5.57. The number of nitrogens with two attached hydrogens (primary N) is 1. The van der Waals surface area contributed by atoms with Crippen LogP contribution in [0.3, 0.4) is 0 Å². The van der Waals surface area contributed by atoms with Gasteiger partial charge >= 0.3 is 5.97 Å². The zero-order chi connectivity index (χ0) is 20.0. The Balaban J connectivity index is 2.17. The normalized spacial score (nSPS) is 10.4. The van der Waals surface area contributed by atoms with Gasteiger partial charge in [-0.1, -0.05) is 24.3 Å². The molecule has 0 spiro atoms. The van der Waals surface area contributed by atoms with E-state index in [0.29, 0.717) is 16.8 Å². The van der Waals surface area contributed by atoms with Gasteiger partial charge in [-0.25, -0.2) is 9.48 Å². The van der Waals surface area contributed by atoms with E-state index in [2.05, 4.69) is 10.4 Å². The number of ether oxygens (including phenoxy) is 1. The molecule has 142 valence electrons. The molecule has 0 aliphatic rings. The maximum absolute atomic E-state index is 12.3. The van der Waals surface area contributed by atoms with E-state index in [-0.39, 0.29) is 24.6 Å². The number of aliphatic carboxylic acids is 1. The van der Waals surface area contributed by atoms with Crippen molar-refractivity contribution in [2.24, 2.45) is 12.8 Å². The molecule has 2 rings (SSSR count). The third kappa shape index (κ3) is 5.22. The van der Waals surface area contributed by atoms with E-state index >= 15 is 0 Å². The average molecular weight is 373 g/mol. The minimum absolute atomic E-state index is 0.00278. The summed E-state index contributed by atoms with van der Waals surface area (Å²) in [6.45, 7) is -0.406. The molecule has 0 saturated carbocycles. The van der Waals surface area contributed by atoms with Crippen LogP contribution in [0.25, 0.3) is 11.3 Å². The monoisotopic (exact) mass is 373 g/mol. The zero-order valence-electron chi connectivity index (χ0n) is 14.6. The molecule has 1 aromatic carbocycles. The highest BCUT2D eigenvalue weighted by atomic mass is 16.5. The molecule has 0 radical (unpaired) electrons. The number of amides is 1. The summed E-state index contributed by atoms with van der Waals surface area (Å²) in [4.78, 5) is 34.8. The van der Waals surface area contributed by atoms with Gasteiger partial charge in [0.15, 0.2) is 0 Å². The van der Waals surface area contributed by atoms with Gasteiger partial charge in [0.25, 0.3) is 11.5 Å². The summed E-state index contributed by atoms with van der Waals surface area (Å²) in [5.74, 6) is -1.79. The van der Waals surface area contributed by atoms with E-state index in [1.807, 2.05) is 0 Å². The molecule has 1 aromatic heterocycles. The quantitative estimate of drug-likeness (QED) is 0.277. The lowest BCUT2D eigenvalue weighted by molar-refractivity contribution is -0.142. The molecule has 0 saturated heterocycles. The van der Waals surface area contributed by atoms with Gasteiger partial charge in [-0.15, -0.1) is 0 Å². The molecule has 0 fully saturated rings. The lowest BCUT2D eigenvalue weighted by Crippen LogP contribution is -2.35. The SMILES string of the molecule is Cn1nc(-c2ccc(C(=N)N)cc2)cc(C(=O)NCCOCC(=O)O)c1=O. The maximum atomic E-state index is 12.3. The van der Waals surface area contributed by atoms with Crippen LogP contribution in [0, 0.1) is 5.41 Å². The molecule has 0 aliphatic heterocycles. The average Bonchev–Trinajstić information content (AvgIpc) is 2.63. The fourth-order valence-electron chi connectivity index (χ4n) is 2.22. The molecule has 0 atom stereocenters. The number of carboxylic acid groups (broad SMARTS) is 1. The van der Waals surface area contributed by atoms with Crippen LogP contribution in [0.1, 0.15) is 15.9 Å². The number of aromatic nitrogens is 2. The van der Waals surface area contributed by atoms with E-state index in [9.17, 15) is 14.4 Å². The highest BCUT2D eigenvalue weighted by Crippen LogP contribution is 2.17. The number of carbonyl (C=O) groups excluding carboxylic acids is 1. The molecular formula is C17H19N5O5. The van der Waals surface area contributed by atoms with Crippen LogP contribution in [0.2, 0.25) is 0 Å². The number of carboxylic acids is 1. The second-order valence-corrected chi connectivity index (χ2v) is 5.57. The van der Waals surface area contributed by atoms with Crippen LogP contribution in [-0.2, 0) is 16.6 Å². The summed E-state index contributed by atoms with van der Waals surface area (Å²) in [5, 5.41) is 22.5. The number of hydrogen-bond donors (Lipinski definition) is 4. The summed E-state index contributed by atoms with van der Waals surface area (Å²) < 4.78 is 5.88. The summed E-state index contributed by atoms with van der Waals surface area (Å²) in [7, 11) is 1.43. The number of amidine groups is 1. The van der Waals surface area contributed by atoms with E-state index in [1.54, 1.807) is 24.3 Å². The first-order valence-corrected chi connectivity index (χ1v) is 7.90. The highest BCUT2D eigenvalue weighted by Gasteiger charge is 2.15. The lowest BCUT2D eigenvalue weighted by atomic mass is 10.1. The molecule has 10 heteroatoms. The van der Waals surface area contributed by atoms with E-state index in [4.69, 9.17) is 21.0 Å². The molecule has 2 aromatic rings. The number of aryl methyl sites for hydroxylation is 1. The van der Waals surface area contributed by atoms with E-state index in [0.717, 1.165) is 4.68 Å². The number of nitrogens with one attached hydrogen (secondary N) is 2. The van der Waals surface area contributed by atoms with Gasteiger partial charge in [0.1, 0.15) is 18.0 Å². The Morgan fingerprint density at radius 1 is 1.33 bits per heavy atom. The Bertz CT molecular complexity index is 920. The lowest BCUT2D eigenvalue weighted by Gasteiger charge is -2.09. The summed E-state index contributed by atoms with van der Waals surface area (Å²) >= 11 is 0. The van der Waals surface area contributed by atoms with Crippen molar-refractivity contribution in [2.75, 3.05) is 19.8 Å². The first-order chi connectivity index (χ1) is 12.8. The third-order valence-electron chi connectivity index (χ3n) is 3.56. The largest absolute Gasteiger partial charge is 0.480 e. The molecule has 0 aliphatic carbocycles. The molecule has 0 bridgehead atoms. The Hall–Kier alpha value is -3.53. The van der Waals surface area contributed by atoms with Gasteiger partial charge in [-0.2, -0.15) is 5.10 Å². The van der Waals surface area contributed by atoms with Crippen molar-refractivity contribution in [1.82, 2.24) is 15.1 Å². The topological polar surface area (TPSA) is 160 Å². The number of rotatable bonds is 8. The predicted octanol–water partition coefficient (Wildman–Crippen LogP) is -0.438. The van der Waals surface area contributed by atoms with Crippen molar-refractivity contribution in [3.63, 3.8) is 0 Å². The summed E-state index contributed by atoms with van der Waals surface area (Å²) in [6, 6.07) is 8.03. The van der Waals surface area contributed by atoms with Crippen molar-refractivity contribution < 1.29 is 19.4 Å². The first-order valence-electron chi connectivity index (χ1n) is 7.90. The van der Waals surface area contributed by atoms with Crippen LogP contribution in [0.5, 0.6) is 0 Å². The van der Waals surface area contributed by atoms with Gasteiger partial charge in [-0.3, -0.25) is 15.0 Å². The van der Waals surface area contributed by atoms with Crippen molar-refractivity contribution in [3.8, 4) is 11.3 Å². The van der Waals surface area contributed by atoms with Gasteiger partial charge in [0.05, 0.1) is 12.3 Å². The van der Waals surface area contributed by atoms with Crippen LogP contribution in [-0.4, -0.2) is 52.4 Å². The first kappa shape index (κ1) is 19.8. The molecule has 10 nitrogen and oxygen atoms in total. The zero-order valence-corrected chi connectivity index (χ0v) is 14.6. The predicted molar refractivity (Wildman–Crippen MR) is 96.7 cm³/mol. The van der Waals surface area contributed by atoms with E-state index in [1.165, 1.54) is 13.1 Å². The standard InChI is InChI=1S/C17H19N5O5/c1-22-17(26)12(16(25)20-6-7-27-9-14(23)24)8-13(21-22)10-2-4-11(5-3-10)15(18)19/h2-5,8H,6-7,9H2,1H3,(H3,18,19)(H,20,25)(H,23,24). The Labute approximate surface area is 154 Å². The number of benzene rings is 1. The Kier molecular flexibility index (Phi) is 6.39. The third-order valence-corrected chi connectivity index (χ3v) is 3.56. The summed E-state index contributed by atoms with van der Waals surface area (Å²) in [6.07, 6.45) is 0. The minimum Gasteiger partial charge on any atom is -0.480 e. The fraction of sp³-hybridized carbons (Fsp3) is 0.235. The number of hydrogen-bond acceptors (Lipinski definition) is 6. The van der Waals surface area contributed by atoms with Crippen LogP contribution < -0.4 is 16.6 Å². The fourth-order valence-corrected chi connectivity index (χ4v) is 2.22. The van der Waals surface area contributed by atoms with E-state index < -0.39 is 24.0 Å². The van der Waals surface area contributed by atoms with Crippen LogP contribution in [0.4, 0.5) is 0 Å². The highest BCUT2D eigenvalue weighted by molar-refractivity contribution is 5.96. The summed E-state index contributed by atoms with van der Waals surface area (Å²) in [5.41, 5.74) is 6.35. The Morgan fingerprint density at radius 2 is 2.00 bits per heavy atom. The Morgan fingerprint density at radius 3 is 2.59 bits per heavy atom. The number of nitrogens with zero attached hydrogens (tertiary/aromatic N) is 2. The molecule has 0 unspecified atom stereocenters. The van der Waals surface area contributed by atoms with Crippen molar-refractivity contribution in [2.45, 2.75) is 0 Å². The second kappa shape index (κ2) is 8.72. The van der Waals surface area contributed by atoms with Gasteiger partial charge in [0.2, 0.25) is 0 Å². The maximum Gasteiger partial charge on any atom is 0.329 e. The smallest absolute Gasteiger partial charge is 0.329 e. The van der Waals surface area contributed by atoms with Crippen molar-refractivity contribution >= 4 is 17.7 Å². The van der Waals surface area contributed by atoms with Crippen molar-refractivity contribution in [1.29, 1.82) is 5.41 Å². The number of nitrogen functional groups attached to an aromatic ring is 1. The van der Waals surface area contributed by atoms with Gasteiger partial charge < -0.3 is 20.9 Å². The molecular weight excluding hydrogens is 354 g/mol. The molecule has 1 amide bonds. The van der Waals surface area contributed by atoms with Gasteiger partial charge in [-0.05, 0) is 6.07 Å². The number of carbonyl (C=O) groups is 2. The van der Waals surface area contributed by atoms with Crippen molar-refractivity contribution in [3.05, 3.63) is 51.8 Å².